The number of likely N-dealkylation sites (tertiary alicyclic amines) is 1. The topological polar surface area (TPSA) is 79.0 Å². The zero-order valence-corrected chi connectivity index (χ0v) is 19.0. The van der Waals surface area contributed by atoms with E-state index >= 15 is 0 Å². The van der Waals surface area contributed by atoms with Crippen LogP contribution < -0.4 is 5.32 Å². The summed E-state index contributed by atoms with van der Waals surface area (Å²) in [7, 11) is 0. The van der Waals surface area contributed by atoms with E-state index in [2.05, 4.69) is 24.1 Å². The van der Waals surface area contributed by atoms with Gasteiger partial charge in [-0.3, -0.25) is 14.4 Å². The molecule has 166 valence electrons. The Morgan fingerprint density at radius 3 is 2.60 bits per heavy atom. The first kappa shape index (κ1) is 22.4. The van der Waals surface area contributed by atoms with Crippen LogP contribution in [0, 0.1) is 5.92 Å². The summed E-state index contributed by atoms with van der Waals surface area (Å²) in [5, 5.41) is 2.87. The van der Waals surface area contributed by atoms with E-state index < -0.39 is 0 Å². The molecule has 1 saturated heterocycles. The van der Waals surface area contributed by atoms with Gasteiger partial charge in [0.2, 0.25) is 5.91 Å². The molecule has 1 N–H and O–H groups in total. The van der Waals surface area contributed by atoms with E-state index in [0.717, 1.165) is 30.8 Å². The lowest BCUT2D eigenvalue weighted by Crippen LogP contribution is -2.48. The maximum atomic E-state index is 13.0. The van der Waals surface area contributed by atoms with Crippen molar-refractivity contribution in [3.8, 4) is 0 Å². The predicted molar refractivity (Wildman–Crippen MR) is 114 cm³/mol. The molecule has 7 nitrogen and oxygen atoms in total. The Morgan fingerprint density at radius 1 is 1.30 bits per heavy atom. The summed E-state index contributed by atoms with van der Waals surface area (Å²) in [6.45, 7) is 13.2. The van der Waals surface area contributed by atoms with E-state index in [0.29, 0.717) is 13.0 Å². The minimum atomic E-state index is -0.365. The van der Waals surface area contributed by atoms with E-state index in [4.69, 9.17) is 4.74 Å². The fourth-order valence-corrected chi connectivity index (χ4v) is 4.66. The monoisotopic (exact) mass is 417 g/mol. The van der Waals surface area contributed by atoms with Gasteiger partial charge in [-0.2, -0.15) is 0 Å². The highest BCUT2D eigenvalue weighted by Crippen LogP contribution is 2.36. The van der Waals surface area contributed by atoms with Crippen molar-refractivity contribution < 1.29 is 19.1 Å². The summed E-state index contributed by atoms with van der Waals surface area (Å²) < 4.78 is 6.18. The summed E-state index contributed by atoms with van der Waals surface area (Å²) in [5.41, 5.74) is 0.499. The molecule has 0 aromatic carbocycles. The number of hydrogen-bond donors (Lipinski definition) is 1. The Morgan fingerprint density at radius 2 is 2.00 bits per heavy atom. The number of carbonyl (C=O) groups is 3. The number of rotatable bonds is 7. The number of nitrogens with zero attached hydrogens (tertiary/aromatic N) is 2. The minimum Gasteiger partial charge on any atom is -0.490 e. The van der Waals surface area contributed by atoms with E-state index in [9.17, 15) is 14.4 Å². The van der Waals surface area contributed by atoms with Gasteiger partial charge in [-0.05, 0) is 40.0 Å². The smallest absolute Gasteiger partial charge is 0.250 e. The second-order valence-electron chi connectivity index (χ2n) is 9.76. The summed E-state index contributed by atoms with van der Waals surface area (Å²) >= 11 is 0. The van der Waals surface area contributed by atoms with Crippen molar-refractivity contribution in [2.45, 2.75) is 84.5 Å². The normalized spacial score (nSPS) is 27.9. The highest BCUT2D eigenvalue weighted by atomic mass is 16.5. The Balaban J connectivity index is 1.77. The molecule has 0 radical (unpaired) electrons. The third-order valence-corrected chi connectivity index (χ3v) is 6.08. The van der Waals surface area contributed by atoms with Crippen molar-refractivity contribution in [3.05, 3.63) is 23.6 Å². The fraction of sp³-hybridized carbons (Fsp3) is 0.696. The molecule has 1 fully saturated rings. The van der Waals surface area contributed by atoms with Crippen molar-refractivity contribution in [2.24, 2.45) is 5.92 Å². The first-order valence-corrected chi connectivity index (χ1v) is 11.0. The molecule has 2 amide bonds. The van der Waals surface area contributed by atoms with Crippen LogP contribution in [0.1, 0.15) is 60.8 Å². The number of amides is 2. The number of hydrogen-bond acceptors (Lipinski definition) is 5. The maximum absolute atomic E-state index is 13.0. The third kappa shape index (κ3) is 4.71. The highest BCUT2D eigenvalue weighted by Gasteiger charge is 2.45. The van der Waals surface area contributed by atoms with Crippen LogP contribution >= 0.6 is 0 Å². The Kier molecular flexibility index (Phi) is 6.29. The molecule has 3 aliphatic rings. The molecule has 4 atom stereocenters. The van der Waals surface area contributed by atoms with Gasteiger partial charge in [0.1, 0.15) is 17.1 Å². The van der Waals surface area contributed by atoms with Gasteiger partial charge in [0.15, 0.2) is 0 Å². The van der Waals surface area contributed by atoms with Gasteiger partial charge in [-0.25, -0.2) is 0 Å². The van der Waals surface area contributed by atoms with Crippen molar-refractivity contribution in [1.82, 2.24) is 15.1 Å². The molecule has 0 bridgehead atoms. The van der Waals surface area contributed by atoms with Crippen molar-refractivity contribution in [3.63, 3.8) is 0 Å². The predicted octanol–water partition coefficient (Wildman–Crippen LogP) is 2.38. The van der Waals surface area contributed by atoms with Crippen molar-refractivity contribution in [1.29, 1.82) is 0 Å². The molecule has 0 aliphatic carbocycles. The molecule has 0 saturated carbocycles. The van der Waals surface area contributed by atoms with Crippen LogP contribution in [0.4, 0.5) is 0 Å². The van der Waals surface area contributed by atoms with Crippen LogP contribution in [-0.2, 0) is 19.1 Å². The lowest BCUT2D eigenvalue weighted by atomic mass is 9.96. The van der Waals surface area contributed by atoms with Gasteiger partial charge in [0, 0.05) is 37.4 Å². The van der Waals surface area contributed by atoms with Crippen molar-refractivity contribution >= 4 is 17.6 Å². The molecule has 3 heterocycles. The Hall–Kier alpha value is -2.31. The zero-order valence-electron chi connectivity index (χ0n) is 19.0. The molecule has 0 aromatic heterocycles. The molecular formula is C23H35N3O4. The first-order valence-electron chi connectivity index (χ1n) is 11.0. The number of ether oxygens (including phenoxy) is 1. The van der Waals surface area contributed by atoms with Crippen LogP contribution in [0.5, 0.6) is 0 Å². The Labute approximate surface area is 179 Å². The van der Waals surface area contributed by atoms with E-state index in [1.165, 1.54) is 6.92 Å². The van der Waals surface area contributed by atoms with Gasteiger partial charge in [0.25, 0.3) is 5.91 Å². The average molecular weight is 418 g/mol. The molecule has 3 aliphatic heterocycles. The second kappa shape index (κ2) is 8.44. The molecule has 0 spiro atoms. The van der Waals surface area contributed by atoms with Crippen LogP contribution in [0.25, 0.3) is 0 Å². The first-order chi connectivity index (χ1) is 14.0. The summed E-state index contributed by atoms with van der Waals surface area (Å²) in [6, 6.07) is -0.299. The third-order valence-electron chi connectivity index (χ3n) is 6.08. The van der Waals surface area contributed by atoms with Gasteiger partial charge < -0.3 is 19.9 Å². The molecule has 30 heavy (non-hydrogen) atoms. The van der Waals surface area contributed by atoms with Gasteiger partial charge >= 0.3 is 0 Å². The lowest BCUT2D eigenvalue weighted by molar-refractivity contribution is -0.129. The maximum Gasteiger partial charge on any atom is 0.250 e. The molecular weight excluding hydrogens is 382 g/mol. The van der Waals surface area contributed by atoms with E-state index in [1.807, 2.05) is 25.7 Å². The number of nitrogens with one attached hydrogen (secondary N) is 1. The molecule has 3 rings (SSSR count). The van der Waals surface area contributed by atoms with Crippen LogP contribution in [0.15, 0.2) is 23.6 Å². The highest BCUT2D eigenvalue weighted by molar-refractivity contribution is 5.93. The van der Waals surface area contributed by atoms with Crippen LogP contribution in [0.2, 0.25) is 0 Å². The average Bonchev–Trinajstić information content (AvgIpc) is 3.29. The summed E-state index contributed by atoms with van der Waals surface area (Å²) in [4.78, 5) is 40.7. The van der Waals surface area contributed by atoms with Crippen molar-refractivity contribution in [2.75, 3.05) is 13.1 Å². The van der Waals surface area contributed by atoms with Gasteiger partial charge in [-0.15, -0.1) is 0 Å². The summed E-state index contributed by atoms with van der Waals surface area (Å²) in [5.74, 6) is 0.923. The zero-order chi connectivity index (χ0) is 22.2. The molecule has 7 heteroatoms. The standard InChI is InChI=1S/C23H35N3O4/c1-7-14(2)22-19(30-23(4,5)6)12-21(29)26(22)16-8-9-25(13-16)18-11-20(28)24-17(18)10-15(3)27/h11-12,14,16-17,22H,7-10,13H2,1-6H3,(H,24,28)/t14-,16-,17-,22-/m0/s1. The lowest BCUT2D eigenvalue weighted by Gasteiger charge is -2.37. The minimum absolute atomic E-state index is 0.00119. The van der Waals surface area contributed by atoms with Gasteiger partial charge in [-0.1, -0.05) is 20.3 Å². The van der Waals surface area contributed by atoms with E-state index in [-0.39, 0.29) is 47.2 Å². The van der Waals surface area contributed by atoms with E-state index in [1.54, 1.807) is 12.2 Å². The number of carbonyl (C=O) groups excluding carboxylic acids is 3. The second-order valence-corrected chi connectivity index (χ2v) is 9.76. The molecule has 0 aromatic rings. The largest absolute Gasteiger partial charge is 0.490 e. The van der Waals surface area contributed by atoms with Crippen LogP contribution in [0.3, 0.4) is 0 Å². The summed E-state index contributed by atoms with van der Waals surface area (Å²) in [6.07, 6.45) is 5.32. The SMILES string of the molecule is CC[C@H](C)[C@H]1C(OC(C)(C)C)=CC(=O)N1[C@H]1CCN(C2=CC(=O)N[C@H]2CC(C)=O)C1. The number of ketones is 1. The van der Waals surface area contributed by atoms with Crippen LogP contribution in [-0.4, -0.2) is 64.2 Å². The molecule has 0 unspecified atom stereocenters. The fourth-order valence-electron chi connectivity index (χ4n) is 4.66. The quantitative estimate of drug-likeness (QED) is 0.688. The van der Waals surface area contributed by atoms with Gasteiger partial charge in [0.05, 0.1) is 18.1 Å². The number of Topliss-reactive ketones (excluding diaryl/α,β-unsaturated/α-hetero) is 1. The Bertz CT molecular complexity index is 780.